The third kappa shape index (κ3) is 9.23. The molecule has 3 fully saturated rings. The lowest BCUT2D eigenvalue weighted by Gasteiger charge is -2.42. The van der Waals surface area contributed by atoms with Crippen molar-refractivity contribution in [3.05, 3.63) is 131 Å². The number of amides is 4. The van der Waals surface area contributed by atoms with Gasteiger partial charge in [0.1, 0.15) is 0 Å². The van der Waals surface area contributed by atoms with Gasteiger partial charge in [-0.15, -0.1) is 0 Å². The third-order valence-electron chi connectivity index (χ3n) is 11.1. The van der Waals surface area contributed by atoms with E-state index in [1.54, 1.807) is 72.8 Å². The van der Waals surface area contributed by atoms with Crippen molar-refractivity contribution >= 4 is 69.7 Å². The highest BCUT2D eigenvalue weighted by Crippen LogP contribution is 2.39. The van der Waals surface area contributed by atoms with Crippen molar-refractivity contribution in [3.8, 4) is 0 Å². The summed E-state index contributed by atoms with van der Waals surface area (Å²) < 4.78 is 15.5. The molecule has 5 aromatic rings. The van der Waals surface area contributed by atoms with Gasteiger partial charge in [-0.1, -0.05) is 35.9 Å². The molecule has 1 aromatic heterocycles. The van der Waals surface area contributed by atoms with Gasteiger partial charge in [0.25, 0.3) is 5.91 Å². The Labute approximate surface area is 351 Å². The van der Waals surface area contributed by atoms with Crippen LogP contribution in [0.2, 0.25) is 5.02 Å². The molecule has 5 N–H and O–H groups in total. The van der Waals surface area contributed by atoms with Gasteiger partial charge in [0, 0.05) is 87.0 Å². The molecule has 16 heteroatoms. The van der Waals surface area contributed by atoms with Crippen molar-refractivity contribution in [1.82, 2.24) is 30.4 Å². The minimum atomic E-state index is -0.701. The number of nitrogens with one attached hydrogen (secondary N) is 3. The number of likely N-dealkylation sites (tertiary alicyclic amines) is 1. The van der Waals surface area contributed by atoms with E-state index in [1.807, 2.05) is 12.1 Å². The average molecular weight is 831 g/mol. The molecule has 14 nitrogen and oxygen atoms in total. The number of hydrogen-bond acceptors (Lipinski definition) is 11. The topological polar surface area (TPSA) is 169 Å². The number of carbonyl (C=O) groups is 4. The van der Waals surface area contributed by atoms with Crippen molar-refractivity contribution in [2.24, 2.45) is 5.73 Å². The molecule has 4 aromatic carbocycles. The number of piperazine rings is 1. The molecule has 0 saturated carbocycles. The van der Waals surface area contributed by atoms with Gasteiger partial charge in [-0.3, -0.25) is 39.2 Å². The molecule has 3 aliphatic rings. The summed E-state index contributed by atoms with van der Waals surface area (Å²) in [7, 11) is 0. The molecule has 3 aliphatic heterocycles. The number of carbonyl (C=O) groups excluding carboxylic acids is 4. The lowest BCUT2D eigenvalue weighted by atomic mass is 9.90. The number of anilines is 6. The third-order valence-corrected chi connectivity index (χ3v) is 11.5. The van der Waals surface area contributed by atoms with E-state index < -0.39 is 11.7 Å². The van der Waals surface area contributed by atoms with Crippen LogP contribution >= 0.6 is 11.6 Å². The van der Waals surface area contributed by atoms with Crippen LogP contribution < -0.4 is 31.5 Å². The number of imide groups is 1. The summed E-state index contributed by atoms with van der Waals surface area (Å²) in [6.45, 7) is 7.21. The predicted octanol–water partition coefficient (Wildman–Crippen LogP) is 5.34. The standard InChI is InChI=1S/C44H44ClFN10O4/c45-36-3-1-2-4-38(36)56(34-15-9-29(10-16-34)40(47)58)41-37(46)25-48-44(52-41)50-31-11-5-30(6-12-31)42(59)49-32-26-54(27-32)20-19-53-21-23-55(24-22-53)33-13-7-28(8-14-33)35-17-18-39(57)51-43(35)60/h1-16,25,32,35H,17-24,26-27H2,(H2,47,58)(H,49,59)(H,48,50,52)(H,51,57,60). The highest BCUT2D eigenvalue weighted by atomic mass is 35.5. The number of nitrogens with two attached hydrogens (primary N) is 1. The summed E-state index contributed by atoms with van der Waals surface area (Å²) in [5.41, 5.74) is 9.86. The SMILES string of the molecule is NC(=O)c1ccc(N(c2ccccc2Cl)c2nc(Nc3ccc(C(=O)NC4CN(CCN5CCN(c6ccc(C7CCC(=O)NC7=O)cc6)CC5)C4)cc3)ncc2F)cc1. The van der Waals surface area contributed by atoms with Crippen LogP contribution in [0.15, 0.2) is 103 Å². The molecule has 1 unspecified atom stereocenters. The van der Waals surface area contributed by atoms with Crippen LogP contribution in [0.5, 0.6) is 0 Å². The Balaban J connectivity index is 0.795. The average Bonchev–Trinajstić information content (AvgIpc) is 3.24. The molecule has 0 bridgehead atoms. The molecular weight excluding hydrogens is 787 g/mol. The Bertz CT molecular complexity index is 2370. The van der Waals surface area contributed by atoms with Crippen LogP contribution in [0, 0.1) is 5.82 Å². The number of aromatic nitrogens is 2. The second kappa shape index (κ2) is 17.8. The number of primary amides is 1. The van der Waals surface area contributed by atoms with Crippen LogP contribution in [-0.4, -0.2) is 102 Å². The van der Waals surface area contributed by atoms with E-state index in [1.165, 1.54) is 4.90 Å². The van der Waals surface area contributed by atoms with Crippen molar-refractivity contribution in [2.45, 2.75) is 24.8 Å². The fourth-order valence-electron chi connectivity index (χ4n) is 7.75. The van der Waals surface area contributed by atoms with Gasteiger partial charge in [-0.2, -0.15) is 4.98 Å². The van der Waals surface area contributed by atoms with Gasteiger partial charge in [0.05, 0.1) is 28.9 Å². The van der Waals surface area contributed by atoms with Crippen LogP contribution in [0.4, 0.5) is 38.9 Å². The smallest absolute Gasteiger partial charge is 0.251 e. The zero-order chi connectivity index (χ0) is 41.8. The van der Waals surface area contributed by atoms with E-state index in [9.17, 15) is 19.2 Å². The molecule has 0 spiro atoms. The summed E-state index contributed by atoms with van der Waals surface area (Å²) in [6, 6.07) is 28.4. The largest absolute Gasteiger partial charge is 0.369 e. The molecule has 0 aliphatic carbocycles. The Hall–Kier alpha value is -6.42. The Morgan fingerprint density at radius 3 is 2.23 bits per heavy atom. The summed E-state index contributed by atoms with van der Waals surface area (Å²) in [4.78, 5) is 65.9. The van der Waals surface area contributed by atoms with E-state index in [-0.39, 0.29) is 41.4 Å². The minimum absolute atomic E-state index is 0.0643. The number of hydrogen-bond donors (Lipinski definition) is 4. The second-order valence-electron chi connectivity index (χ2n) is 15.1. The zero-order valence-electron chi connectivity index (χ0n) is 32.7. The molecule has 3 saturated heterocycles. The fourth-order valence-corrected chi connectivity index (χ4v) is 7.97. The quantitative estimate of drug-likeness (QED) is 0.113. The van der Waals surface area contributed by atoms with E-state index in [0.717, 1.165) is 69.8 Å². The van der Waals surface area contributed by atoms with Crippen LogP contribution in [0.1, 0.15) is 45.0 Å². The van der Waals surface area contributed by atoms with Gasteiger partial charge in [-0.25, -0.2) is 9.37 Å². The van der Waals surface area contributed by atoms with E-state index in [0.29, 0.717) is 46.1 Å². The maximum atomic E-state index is 15.5. The van der Waals surface area contributed by atoms with Crippen LogP contribution in [0.3, 0.4) is 0 Å². The van der Waals surface area contributed by atoms with Gasteiger partial charge in [-0.05, 0) is 84.8 Å². The number of rotatable bonds is 13. The Morgan fingerprint density at radius 1 is 0.867 bits per heavy atom. The Morgan fingerprint density at radius 2 is 1.55 bits per heavy atom. The number of para-hydroxylation sites is 1. The number of halogens is 2. The summed E-state index contributed by atoms with van der Waals surface area (Å²) in [5, 5.41) is 9.02. The highest BCUT2D eigenvalue weighted by Gasteiger charge is 2.30. The van der Waals surface area contributed by atoms with Gasteiger partial charge < -0.3 is 21.3 Å². The second-order valence-corrected chi connectivity index (χ2v) is 15.5. The number of benzene rings is 4. The highest BCUT2D eigenvalue weighted by molar-refractivity contribution is 6.33. The molecule has 8 rings (SSSR count). The first kappa shape index (κ1) is 40.4. The molecule has 60 heavy (non-hydrogen) atoms. The first-order valence-electron chi connectivity index (χ1n) is 19.9. The predicted molar refractivity (Wildman–Crippen MR) is 228 cm³/mol. The molecular formula is C44H44ClFN10O4. The normalized spacial score (nSPS) is 17.4. The fraction of sp³-hybridized carbons (Fsp3) is 0.273. The molecule has 4 amide bonds. The lowest BCUT2D eigenvalue weighted by molar-refractivity contribution is -0.134. The van der Waals surface area contributed by atoms with Crippen LogP contribution in [0.25, 0.3) is 0 Å². The van der Waals surface area contributed by atoms with Crippen molar-refractivity contribution < 1.29 is 23.6 Å². The van der Waals surface area contributed by atoms with Crippen molar-refractivity contribution in [1.29, 1.82) is 0 Å². The first-order valence-corrected chi connectivity index (χ1v) is 20.2. The summed E-state index contributed by atoms with van der Waals surface area (Å²) in [5.74, 6) is -2.10. The van der Waals surface area contributed by atoms with E-state index in [4.69, 9.17) is 17.3 Å². The maximum Gasteiger partial charge on any atom is 0.251 e. The number of nitrogens with zero attached hydrogens (tertiary/aromatic N) is 6. The van der Waals surface area contributed by atoms with Gasteiger partial charge in [0.15, 0.2) is 11.6 Å². The lowest BCUT2D eigenvalue weighted by Crippen LogP contribution is -2.60. The van der Waals surface area contributed by atoms with E-state index in [2.05, 4.69) is 52.8 Å². The Kier molecular flexibility index (Phi) is 12.0. The van der Waals surface area contributed by atoms with Gasteiger partial charge >= 0.3 is 0 Å². The molecule has 4 heterocycles. The molecule has 1 atom stereocenters. The zero-order valence-corrected chi connectivity index (χ0v) is 33.4. The first-order chi connectivity index (χ1) is 29.1. The maximum absolute atomic E-state index is 15.5. The monoisotopic (exact) mass is 830 g/mol. The summed E-state index contributed by atoms with van der Waals surface area (Å²) in [6.07, 6.45) is 1.98. The van der Waals surface area contributed by atoms with E-state index >= 15 is 4.39 Å². The summed E-state index contributed by atoms with van der Waals surface area (Å²) >= 11 is 6.55. The molecule has 308 valence electrons. The molecule has 0 radical (unpaired) electrons. The van der Waals surface area contributed by atoms with Crippen molar-refractivity contribution in [3.63, 3.8) is 0 Å². The number of piperidine rings is 1. The minimum Gasteiger partial charge on any atom is -0.369 e. The van der Waals surface area contributed by atoms with Crippen LogP contribution in [-0.2, 0) is 9.59 Å². The van der Waals surface area contributed by atoms with Crippen molar-refractivity contribution in [2.75, 3.05) is 67.5 Å². The van der Waals surface area contributed by atoms with Gasteiger partial charge in [0.2, 0.25) is 23.7 Å².